The zero-order valence-corrected chi connectivity index (χ0v) is 13.7. The van der Waals surface area contributed by atoms with E-state index < -0.39 is 0 Å². The monoisotopic (exact) mass is 334 g/mol. The van der Waals surface area contributed by atoms with Crippen LogP contribution in [0.3, 0.4) is 0 Å². The fourth-order valence-corrected chi connectivity index (χ4v) is 2.19. The summed E-state index contributed by atoms with van der Waals surface area (Å²) in [4.78, 5) is 0. The highest BCUT2D eigenvalue weighted by Crippen LogP contribution is 2.06. The van der Waals surface area contributed by atoms with Crippen molar-refractivity contribution in [3.05, 3.63) is 0 Å². The molecule has 0 spiro atoms. The highest BCUT2D eigenvalue weighted by molar-refractivity contribution is 5.85. The molecule has 2 saturated heterocycles. The number of hydrogen-bond acceptors (Lipinski definition) is 6. The maximum Gasteiger partial charge on any atom is 0.0926 e. The molecule has 0 bridgehead atoms. The average molecular weight is 335 g/mol. The lowest BCUT2D eigenvalue weighted by Crippen LogP contribution is -2.44. The van der Waals surface area contributed by atoms with Gasteiger partial charge in [-0.1, -0.05) is 0 Å². The maximum atomic E-state index is 9.18. The van der Waals surface area contributed by atoms with Gasteiger partial charge in [-0.05, 0) is 25.9 Å². The summed E-state index contributed by atoms with van der Waals surface area (Å²) in [6.45, 7) is 3.24. The van der Waals surface area contributed by atoms with E-state index in [9.17, 15) is 10.2 Å². The molecule has 4 N–H and O–H groups in total. The minimum Gasteiger partial charge on any atom is -0.389 e. The SMILES string of the molecule is CO[C@@H]1CCNC[C@@H]1O.CO[C@H]1CCNC[C@H]1O.Cl.Cl. The molecule has 0 aliphatic carbocycles. The Kier molecular flexibility index (Phi) is 14.7. The predicted octanol–water partition coefficient (Wildman–Crippen LogP) is -0.445. The largest absolute Gasteiger partial charge is 0.389 e. The Bertz CT molecular complexity index is 206. The lowest BCUT2D eigenvalue weighted by Gasteiger charge is -2.26. The van der Waals surface area contributed by atoms with Crippen molar-refractivity contribution in [3.8, 4) is 0 Å². The van der Waals surface area contributed by atoms with Crippen LogP contribution in [0.15, 0.2) is 0 Å². The van der Waals surface area contributed by atoms with Gasteiger partial charge in [0.15, 0.2) is 0 Å². The van der Waals surface area contributed by atoms with E-state index in [0.29, 0.717) is 13.1 Å². The van der Waals surface area contributed by atoms with Crippen molar-refractivity contribution in [2.24, 2.45) is 0 Å². The molecule has 0 radical (unpaired) electrons. The van der Waals surface area contributed by atoms with Crippen molar-refractivity contribution >= 4 is 24.8 Å². The number of ether oxygens (including phenoxy) is 2. The number of rotatable bonds is 2. The van der Waals surface area contributed by atoms with Crippen LogP contribution >= 0.6 is 24.8 Å². The van der Waals surface area contributed by atoms with Crippen molar-refractivity contribution in [2.75, 3.05) is 40.4 Å². The Morgan fingerprint density at radius 2 is 1.15 bits per heavy atom. The minimum absolute atomic E-state index is 0. The molecule has 20 heavy (non-hydrogen) atoms. The van der Waals surface area contributed by atoms with Gasteiger partial charge in [-0.3, -0.25) is 0 Å². The van der Waals surface area contributed by atoms with E-state index in [2.05, 4.69) is 10.6 Å². The van der Waals surface area contributed by atoms with Crippen LogP contribution in [0.1, 0.15) is 12.8 Å². The van der Waals surface area contributed by atoms with E-state index in [1.54, 1.807) is 14.2 Å². The van der Waals surface area contributed by atoms with E-state index in [4.69, 9.17) is 9.47 Å². The lowest BCUT2D eigenvalue weighted by molar-refractivity contribution is -0.0280. The van der Waals surface area contributed by atoms with Gasteiger partial charge in [0, 0.05) is 27.3 Å². The molecule has 2 heterocycles. The molecule has 8 heteroatoms. The summed E-state index contributed by atoms with van der Waals surface area (Å²) in [6, 6.07) is 0. The van der Waals surface area contributed by atoms with E-state index in [1.807, 2.05) is 0 Å². The summed E-state index contributed by atoms with van der Waals surface area (Å²) in [5, 5.41) is 24.5. The molecule has 0 aromatic heterocycles. The number of halogens is 2. The normalized spacial score (nSPS) is 33.0. The molecule has 4 atom stereocenters. The number of piperidine rings is 2. The van der Waals surface area contributed by atoms with Gasteiger partial charge in [0.2, 0.25) is 0 Å². The van der Waals surface area contributed by atoms with E-state index in [0.717, 1.165) is 25.9 Å². The zero-order valence-electron chi connectivity index (χ0n) is 12.1. The highest BCUT2D eigenvalue weighted by atomic mass is 35.5. The molecule has 0 amide bonds. The van der Waals surface area contributed by atoms with Crippen LogP contribution in [-0.2, 0) is 9.47 Å². The average Bonchev–Trinajstić information content (AvgIpc) is 2.41. The first-order chi connectivity index (χ1) is 8.69. The number of aliphatic hydroxyl groups excluding tert-OH is 2. The van der Waals surface area contributed by atoms with Crippen molar-refractivity contribution < 1.29 is 19.7 Å². The van der Waals surface area contributed by atoms with Gasteiger partial charge in [0.05, 0.1) is 24.4 Å². The van der Waals surface area contributed by atoms with Gasteiger partial charge in [-0.15, -0.1) is 24.8 Å². The maximum absolute atomic E-state index is 9.18. The molecule has 0 aromatic carbocycles. The molecule has 0 saturated carbocycles. The van der Waals surface area contributed by atoms with Gasteiger partial charge in [0.25, 0.3) is 0 Å². The van der Waals surface area contributed by atoms with Crippen LogP contribution in [0.4, 0.5) is 0 Å². The molecule has 124 valence electrons. The van der Waals surface area contributed by atoms with Crippen molar-refractivity contribution in [2.45, 2.75) is 37.3 Å². The van der Waals surface area contributed by atoms with Gasteiger partial charge in [-0.2, -0.15) is 0 Å². The predicted molar refractivity (Wildman–Crippen MR) is 83.1 cm³/mol. The zero-order chi connectivity index (χ0) is 13.4. The van der Waals surface area contributed by atoms with Gasteiger partial charge < -0.3 is 30.3 Å². The lowest BCUT2D eigenvalue weighted by atomic mass is 10.1. The van der Waals surface area contributed by atoms with Gasteiger partial charge >= 0.3 is 0 Å². The Balaban J connectivity index is 0. The molecular weight excluding hydrogens is 307 g/mol. The van der Waals surface area contributed by atoms with Gasteiger partial charge in [-0.25, -0.2) is 0 Å². The second-order valence-corrected chi connectivity index (χ2v) is 4.67. The summed E-state index contributed by atoms with van der Waals surface area (Å²) in [5.74, 6) is 0. The summed E-state index contributed by atoms with van der Waals surface area (Å²) in [7, 11) is 3.28. The van der Waals surface area contributed by atoms with Crippen LogP contribution in [0, 0.1) is 0 Å². The summed E-state index contributed by atoms with van der Waals surface area (Å²) in [6.07, 6.45) is 1.29. The number of methoxy groups -OCH3 is 2. The third kappa shape index (κ3) is 7.95. The number of aliphatic hydroxyl groups is 2. The minimum atomic E-state index is -0.316. The summed E-state index contributed by atoms with van der Waals surface area (Å²) >= 11 is 0. The third-order valence-electron chi connectivity index (χ3n) is 3.38. The van der Waals surface area contributed by atoms with E-state index >= 15 is 0 Å². The van der Waals surface area contributed by atoms with Crippen molar-refractivity contribution in [1.82, 2.24) is 10.6 Å². The highest BCUT2D eigenvalue weighted by Gasteiger charge is 2.22. The first-order valence-corrected chi connectivity index (χ1v) is 6.52. The molecule has 2 rings (SSSR count). The smallest absolute Gasteiger partial charge is 0.0926 e. The summed E-state index contributed by atoms with van der Waals surface area (Å²) < 4.78 is 10.0. The second-order valence-electron chi connectivity index (χ2n) is 4.67. The molecule has 6 nitrogen and oxygen atoms in total. The standard InChI is InChI=1S/2C6H13NO2.2ClH/c2*1-9-6-2-3-7-4-5(6)8;;/h2*5-8H,2-4H2,1H3;2*1H/t2*5-,6+;;/m10../s1. The van der Waals surface area contributed by atoms with E-state index in [1.165, 1.54) is 0 Å². The van der Waals surface area contributed by atoms with Crippen LogP contribution < -0.4 is 10.6 Å². The molecule has 2 aliphatic heterocycles. The number of hydrogen-bond donors (Lipinski definition) is 4. The molecule has 2 fully saturated rings. The first kappa shape index (κ1) is 22.6. The fourth-order valence-electron chi connectivity index (χ4n) is 2.19. The second kappa shape index (κ2) is 13.0. The first-order valence-electron chi connectivity index (χ1n) is 6.52. The Morgan fingerprint density at radius 1 is 0.800 bits per heavy atom. The van der Waals surface area contributed by atoms with Gasteiger partial charge in [0.1, 0.15) is 0 Å². The third-order valence-corrected chi connectivity index (χ3v) is 3.38. The molecule has 0 unspecified atom stereocenters. The van der Waals surface area contributed by atoms with Crippen LogP contribution in [0.2, 0.25) is 0 Å². The Hall–Kier alpha value is 0.340. The number of β-amino-alcohol motifs (C(OH)–C–C–N with tert-alkyl or cyclic N) is 2. The molecular formula is C12H28Cl2N2O4. The summed E-state index contributed by atoms with van der Waals surface area (Å²) in [5.41, 5.74) is 0. The van der Waals surface area contributed by atoms with Crippen LogP contribution in [-0.4, -0.2) is 75.0 Å². The fraction of sp³-hybridized carbons (Fsp3) is 1.00. The van der Waals surface area contributed by atoms with Crippen LogP contribution in [0.5, 0.6) is 0 Å². The Morgan fingerprint density at radius 3 is 1.35 bits per heavy atom. The van der Waals surface area contributed by atoms with Crippen molar-refractivity contribution in [1.29, 1.82) is 0 Å². The Labute approximate surface area is 133 Å². The molecule has 0 aromatic rings. The molecule has 2 aliphatic rings. The van der Waals surface area contributed by atoms with Crippen LogP contribution in [0.25, 0.3) is 0 Å². The number of nitrogens with one attached hydrogen (secondary N) is 2. The van der Waals surface area contributed by atoms with Crippen molar-refractivity contribution in [3.63, 3.8) is 0 Å². The van der Waals surface area contributed by atoms with E-state index in [-0.39, 0.29) is 49.2 Å². The topological polar surface area (TPSA) is 83.0 Å². The quantitative estimate of drug-likeness (QED) is 0.548.